The van der Waals surface area contributed by atoms with Crippen LogP contribution in [-0.2, 0) is 6.42 Å². The van der Waals surface area contributed by atoms with Crippen LogP contribution >= 0.6 is 0 Å². The van der Waals surface area contributed by atoms with Gasteiger partial charge < -0.3 is 10.2 Å². The zero-order valence-electron chi connectivity index (χ0n) is 18.5. The van der Waals surface area contributed by atoms with Crippen LogP contribution in [0.15, 0.2) is 41.3 Å². The quantitative estimate of drug-likeness (QED) is 0.641. The van der Waals surface area contributed by atoms with Crippen LogP contribution in [0.2, 0.25) is 0 Å². The molecule has 1 aliphatic rings. The van der Waals surface area contributed by atoms with Crippen molar-refractivity contribution in [2.75, 3.05) is 19.6 Å². The van der Waals surface area contributed by atoms with E-state index >= 15 is 0 Å². The Kier molecular flexibility index (Phi) is 6.23. The number of amides is 1. The Morgan fingerprint density at radius 3 is 2.74 bits per heavy atom. The highest BCUT2D eigenvalue weighted by molar-refractivity contribution is 6.00. The molecule has 0 saturated carbocycles. The van der Waals surface area contributed by atoms with Gasteiger partial charge in [0.1, 0.15) is 5.56 Å². The zero-order chi connectivity index (χ0) is 22.0. The average molecular weight is 422 g/mol. The number of carbonyl (C=O) groups excluding carboxylic acids is 1. The first-order valence-corrected chi connectivity index (χ1v) is 11.2. The summed E-state index contributed by atoms with van der Waals surface area (Å²) >= 11 is 0. The molecular weight excluding hydrogens is 390 g/mol. The third kappa shape index (κ3) is 4.71. The number of likely N-dealkylation sites (tertiary alicyclic amines) is 1. The number of piperidine rings is 1. The van der Waals surface area contributed by atoms with E-state index in [0.29, 0.717) is 22.8 Å². The average Bonchev–Trinajstić information content (AvgIpc) is 3.19. The van der Waals surface area contributed by atoms with Crippen LogP contribution < -0.4 is 10.9 Å². The number of hydrogen-bond donors (Lipinski definition) is 2. The Morgan fingerprint density at radius 2 is 2.03 bits per heavy atom. The molecule has 0 atom stereocenters. The maximum Gasteiger partial charge on any atom is 0.273 e. The Balaban J connectivity index is 1.55. The molecular formula is C24H31N5O2. The van der Waals surface area contributed by atoms with E-state index in [9.17, 15) is 9.59 Å². The van der Waals surface area contributed by atoms with Gasteiger partial charge in [0.25, 0.3) is 11.5 Å². The van der Waals surface area contributed by atoms with Crippen LogP contribution in [0.3, 0.4) is 0 Å². The predicted octanol–water partition coefficient (Wildman–Crippen LogP) is 3.10. The van der Waals surface area contributed by atoms with Crippen LogP contribution in [0, 0.1) is 5.92 Å². The minimum atomic E-state index is -0.233. The number of nitrogens with one attached hydrogen (secondary N) is 2. The third-order valence-electron chi connectivity index (χ3n) is 5.92. The second-order valence-electron chi connectivity index (χ2n) is 8.82. The van der Waals surface area contributed by atoms with Gasteiger partial charge in [0.05, 0.1) is 5.69 Å². The maximum atomic E-state index is 13.0. The predicted molar refractivity (Wildman–Crippen MR) is 122 cm³/mol. The second-order valence-corrected chi connectivity index (χ2v) is 8.82. The summed E-state index contributed by atoms with van der Waals surface area (Å²) in [6, 6.07) is 9.64. The van der Waals surface area contributed by atoms with Gasteiger partial charge in [-0.3, -0.25) is 14.7 Å². The summed E-state index contributed by atoms with van der Waals surface area (Å²) in [5, 5.41) is 6.02. The molecule has 7 nitrogen and oxygen atoms in total. The summed E-state index contributed by atoms with van der Waals surface area (Å²) < 4.78 is 1.33. The van der Waals surface area contributed by atoms with Gasteiger partial charge in [-0.05, 0) is 36.8 Å². The topological polar surface area (TPSA) is 82.5 Å². The highest BCUT2D eigenvalue weighted by atomic mass is 16.2. The number of aromatic amines is 1. The Bertz CT molecular complexity index is 1120. The van der Waals surface area contributed by atoms with Crippen molar-refractivity contribution < 1.29 is 4.79 Å². The van der Waals surface area contributed by atoms with Crippen LogP contribution in [-0.4, -0.2) is 51.1 Å². The molecule has 31 heavy (non-hydrogen) atoms. The number of H-pyrrole nitrogens is 1. The number of nitrogens with zero attached hydrogens (tertiary/aromatic N) is 3. The summed E-state index contributed by atoms with van der Waals surface area (Å²) in [5.41, 5.74) is 3.16. The number of fused-ring (bicyclic) bond motifs is 1. The minimum absolute atomic E-state index is 0.141. The first-order chi connectivity index (χ1) is 14.9. The van der Waals surface area contributed by atoms with Gasteiger partial charge in [-0.2, -0.15) is 0 Å². The normalized spacial score (nSPS) is 15.6. The molecule has 164 valence electrons. The molecule has 1 fully saturated rings. The molecule has 1 amide bonds. The number of aryl methyl sites for hydroxylation is 1. The Hall–Kier alpha value is -2.93. The molecule has 3 aromatic rings. The fourth-order valence-electron chi connectivity index (χ4n) is 4.29. The van der Waals surface area contributed by atoms with Gasteiger partial charge in [-0.15, -0.1) is 0 Å². The van der Waals surface area contributed by atoms with E-state index < -0.39 is 0 Å². The maximum absolute atomic E-state index is 13.0. The highest BCUT2D eigenvalue weighted by Crippen LogP contribution is 2.20. The van der Waals surface area contributed by atoms with Crippen molar-refractivity contribution in [2.45, 2.75) is 46.1 Å². The van der Waals surface area contributed by atoms with Gasteiger partial charge in [-0.1, -0.05) is 39.0 Å². The minimum Gasteiger partial charge on any atom is -0.349 e. The molecule has 0 bridgehead atoms. The number of aromatic nitrogens is 3. The summed E-state index contributed by atoms with van der Waals surface area (Å²) in [5.74, 6) is 0.460. The largest absolute Gasteiger partial charge is 0.349 e. The number of benzene rings is 1. The summed E-state index contributed by atoms with van der Waals surface area (Å²) in [6.45, 7) is 9.63. The van der Waals surface area contributed by atoms with Crippen molar-refractivity contribution in [1.82, 2.24) is 24.8 Å². The summed E-state index contributed by atoms with van der Waals surface area (Å²) in [4.78, 5) is 32.8. The molecule has 3 heterocycles. The lowest BCUT2D eigenvalue weighted by molar-refractivity contribution is 0.0908. The lowest BCUT2D eigenvalue weighted by Gasteiger charge is -2.33. The Labute approximate surface area is 182 Å². The Morgan fingerprint density at radius 1 is 1.26 bits per heavy atom. The zero-order valence-corrected chi connectivity index (χ0v) is 18.5. The monoisotopic (exact) mass is 421 g/mol. The first kappa shape index (κ1) is 21.3. The lowest BCUT2D eigenvalue weighted by Crippen LogP contribution is -2.45. The van der Waals surface area contributed by atoms with Gasteiger partial charge in [0.2, 0.25) is 0 Å². The SMILES string of the molecule is CCc1cccc(-c2cc(=O)n3[nH]cc(C(=O)NC4CCN(CC(C)C)CC4)c3n2)c1. The van der Waals surface area contributed by atoms with Crippen molar-refractivity contribution in [2.24, 2.45) is 5.92 Å². The number of hydrogen-bond acceptors (Lipinski definition) is 4. The first-order valence-electron chi connectivity index (χ1n) is 11.2. The highest BCUT2D eigenvalue weighted by Gasteiger charge is 2.23. The smallest absolute Gasteiger partial charge is 0.273 e. The van der Waals surface area contributed by atoms with E-state index in [1.807, 2.05) is 18.2 Å². The van der Waals surface area contributed by atoms with E-state index in [4.69, 9.17) is 0 Å². The van der Waals surface area contributed by atoms with Gasteiger partial charge in [0, 0.05) is 43.5 Å². The van der Waals surface area contributed by atoms with Crippen molar-refractivity contribution in [3.05, 3.63) is 58.0 Å². The molecule has 4 rings (SSSR count). The van der Waals surface area contributed by atoms with Gasteiger partial charge >= 0.3 is 0 Å². The molecule has 0 unspecified atom stereocenters. The molecule has 0 radical (unpaired) electrons. The second kappa shape index (κ2) is 9.06. The molecule has 1 aromatic carbocycles. The molecule has 0 aliphatic carbocycles. The fraction of sp³-hybridized carbons (Fsp3) is 0.458. The van der Waals surface area contributed by atoms with Crippen molar-refractivity contribution in [3.8, 4) is 11.3 Å². The third-order valence-corrected chi connectivity index (χ3v) is 5.92. The molecule has 2 aromatic heterocycles. The lowest BCUT2D eigenvalue weighted by atomic mass is 10.0. The molecule has 1 saturated heterocycles. The van der Waals surface area contributed by atoms with Crippen LogP contribution in [0.5, 0.6) is 0 Å². The van der Waals surface area contributed by atoms with Crippen LogP contribution in [0.4, 0.5) is 0 Å². The van der Waals surface area contributed by atoms with E-state index in [2.05, 4.69) is 47.1 Å². The van der Waals surface area contributed by atoms with Crippen LogP contribution in [0.1, 0.15) is 49.5 Å². The fourth-order valence-corrected chi connectivity index (χ4v) is 4.29. The standard InChI is InChI=1S/C24H31N5O2/c1-4-17-6-5-7-18(12-17)21-13-22(30)29-23(27-21)20(14-25-29)24(31)26-19-8-10-28(11-9-19)15-16(2)3/h5-7,12-14,16,19,25H,4,8-11,15H2,1-3H3,(H,26,31). The van der Waals surface area contributed by atoms with Crippen molar-refractivity contribution in [1.29, 1.82) is 0 Å². The van der Waals surface area contributed by atoms with E-state index in [0.717, 1.165) is 44.5 Å². The number of carbonyl (C=O) groups is 1. The van der Waals surface area contributed by atoms with Gasteiger partial charge in [0.15, 0.2) is 5.65 Å². The molecule has 0 spiro atoms. The van der Waals surface area contributed by atoms with E-state index in [1.54, 1.807) is 6.20 Å². The molecule has 1 aliphatic heterocycles. The van der Waals surface area contributed by atoms with Crippen molar-refractivity contribution >= 4 is 11.6 Å². The van der Waals surface area contributed by atoms with Crippen LogP contribution in [0.25, 0.3) is 16.9 Å². The number of rotatable bonds is 6. The molecule has 2 N–H and O–H groups in total. The summed E-state index contributed by atoms with van der Waals surface area (Å²) in [7, 11) is 0. The van der Waals surface area contributed by atoms with E-state index in [1.165, 1.54) is 16.1 Å². The van der Waals surface area contributed by atoms with Crippen molar-refractivity contribution in [3.63, 3.8) is 0 Å². The summed E-state index contributed by atoms with van der Waals surface area (Å²) in [6.07, 6.45) is 4.34. The van der Waals surface area contributed by atoms with E-state index in [-0.39, 0.29) is 17.5 Å². The molecule has 7 heteroatoms. The van der Waals surface area contributed by atoms with Gasteiger partial charge in [-0.25, -0.2) is 9.50 Å².